The number of likely N-dealkylation sites (tertiary alicyclic amines) is 1. The highest BCUT2D eigenvalue weighted by Gasteiger charge is 2.19. The van der Waals surface area contributed by atoms with Crippen molar-refractivity contribution in [2.24, 2.45) is 5.92 Å². The van der Waals surface area contributed by atoms with E-state index in [1.54, 1.807) is 0 Å². The first-order chi connectivity index (χ1) is 3.83. The molecule has 0 atom stereocenters. The Morgan fingerprint density at radius 2 is 2.38 bits per heavy atom. The van der Waals surface area contributed by atoms with E-state index < -0.39 is 0 Å². The van der Waals surface area contributed by atoms with Gasteiger partial charge in [0.1, 0.15) is 0 Å². The van der Waals surface area contributed by atoms with Crippen LogP contribution in [-0.2, 0) is 0 Å². The van der Waals surface area contributed by atoms with Gasteiger partial charge in [-0.3, -0.25) is 4.90 Å². The summed E-state index contributed by atoms with van der Waals surface area (Å²) in [7, 11) is 0. The Kier molecular flexibility index (Phi) is 1.69. The van der Waals surface area contributed by atoms with Gasteiger partial charge < -0.3 is 0 Å². The fraction of sp³-hybridized carbons (Fsp3) is 0.714. The smallest absolute Gasteiger partial charge is 0.0160 e. The predicted octanol–water partition coefficient (Wildman–Crippen LogP) is 1.12. The molecule has 1 fully saturated rings. The molecule has 0 aromatic heterocycles. The molecule has 0 amide bonds. The molecule has 46 valence electrons. The summed E-state index contributed by atoms with van der Waals surface area (Å²) in [5.41, 5.74) is 0. The summed E-state index contributed by atoms with van der Waals surface area (Å²) in [6, 6.07) is 0. The second kappa shape index (κ2) is 2.31. The van der Waals surface area contributed by atoms with Crippen LogP contribution in [0.5, 0.6) is 0 Å². The molecule has 0 spiro atoms. The molecule has 1 heterocycles. The topological polar surface area (TPSA) is 3.24 Å². The van der Waals surface area contributed by atoms with E-state index >= 15 is 0 Å². The number of hydrogen-bond donors (Lipinski definition) is 0. The molecule has 0 radical (unpaired) electrons. The summed E-state index contributed by atoms with van der Waals surface area (Å²) in [6.07, 6.45) is 1.96. The van der Waals surface area contributed by atoms with Gasteiger partial charge in [0.2, 0.25) is 0 Å². The zero-order valence-corrected chi connectivity index (χ0v) is 5.43. The van der Waals surface area contributed by atoms with Crippen LogP contribution < -0.4 is 0 Å². The van der Waals surface area contributed by atoms with Gasteiger partial charge in [0, 0.05) is 19.6 Å². The minimum atomic E-state index is 0.926. The predicted molar refractivity (Wildman–Crippen MR) is 35.8 cm³/mol. The van der Waals surface area contributed by atoms with Crippen LogP contribution in [0.3, 0.4) is 0 Å². The SMILES string of the molecule is C=CCN1CC(C)C1. The molecule has 0 aliphatic carbocycles. The summed E-state index contributed by atoms with van der Waals surface area (Å²) >= 11 is 0. The lowest BCUT2D eigenvalue weighted by Crippen LogP contribution is -2.44. The molecule has 1 rings (SSSR count). The Labute approximate surface area is 51.0 Å². The number of hydrogen-bond acceptors (Lipinski definition) is 1. The largest absolute Gasteiger partial charge is 0.299 e. The molecule has 8 heavy (non-hydrogen) atoms. The zero-order chi connectivity index (χ0) is 5.98. The minimum absolute atomic E-state index is 0.926. The zero-order valence-electron chi connectivity index (χ0n) is 5.43. The summed E-state index contributed by atoms with van der Waals surface area (Å²) in [5.74, 6) is 0.926. The molecule has 0 unspecified atom stereocenters. The fourth-order valence-electron chi connectivity index (χ4n) is 1.16. The van der Waals surface area contributed by atoms with Crippen molar-refractivity contribution in [3.8, 4) is 0 Å². The first kappa shape index (κ1) is 5.83. The quantitative estimate of drug-likeness (QED) is 0.483. The molecule has 1 aliphatic rings. The lowest BCUT2D eigenvalue weighted by atomic mass is 10.0. The van der Waals surface area contributed by atoms with Crippen LogP contribution in [0.2, 0.25) is 0 Å². The van der Waals surface area contributed by atoms with Gasteiger partial charge in [-0.05, 0) is 5.92 Å². The van der Waals surface area contributed by atoms with Gasteiger partial charge >= 0.3 is 0 Å². The number of nitrogens with zero attached hydrogens (tertiary/aromatic N) is 1. The maximum absolute atomic E-state index is 3.67. The highest BCUT2D eigenvalue weighted by Crippen LogP contribution is 2.12. The minimum Gasteiger partial charge on any atom is -0.299 e. The van der Waals surface area contributed by atoms with Crippen LogP contribution in [0.25, 0.3) is 0 Å². The van der Waals surface area contributed by atoms with Crippen molar-refractivity contribution in [1.29, 1.82) is 0 Å². The summed E-state index contributed by atoms with van der Waals surface area (Å²) < 4.78 is 0. The molecular formula is C7H13N. The van der Waals surface area contributed by atoms with Gasteiger partial charge in [0.15, 0.2) is 0 Å². The first-order valence-corrected chi connectivity index (χ1v) is 3.16. The van der Waals surface area contributed by atoms with Crippen molar-refractivity contribution in [3.63, 3.8) is 0 Å². The van der Waals surface area contributed by atoms with E-state index in [4.69, 9.17) is 0 Å². The molecule has 0 bridgehead atoms. The van der Waals surface area contributed by atoms with E-state index in [1.807, 2.05) is 6.08 Å². The Balaban J connectivity index is 2.06. The van der Waals surface area contributed by atoms with Gasteiger partial charge in [0.25, 0.3) is 0 Å². The molecule has 0 N–H and O–H groups in total. The van der Waals surface area contributed by atoms with Crippen LogP contribution in [0, 0.1) is 5.92 Å². The van der Waals surface area contributed by atoms with E-state index in [0.717, 1.165) is 12.5 Å². The van der Waals surface area contributed by atoms with Crippen molar-refractivity contribution < 1.29 is 0 Å². The van der Waals surface area contributed by atoms with Gasteiger partial charge in [-0.2, -0.15) is 0 Å². The molecule has 0 aromatic rings. The Morgan fingerprint density at radius 1 is 1.75 bits per heavy atom. The van der Waals surface area contributed by atoms with Crippen molar-refractivity contribution in [2.75, 3.05) is 19.6 Å². The van der Waals surface area contributed by atoms with E-state index in [9.17, 15) is 0 Å². The maximum atomic E-state index is 3.67. The van der Waals surface area contributed by atoms with Crippen LogP contribution in [-0.4, -0.2) is 24.5 Å². The Bertz CT molecular complexity index is 82.4. The third-order valence-corrected chi connectivity index (χ3v) is 1.53. The van der Waals surface area contributed by atoms with Gasteiger partial charge in [-0.25, -0.2) is 0 Å². The number of rotatable bonds is 2. The fourth-order valence-corrected chi connectivity index (χ4v) is 1.16. The average Bonchev–Trinajstić information content (AvgIpc) is 1.64. The molecular weight excluding hydrogens is 98.1 g/mol. The second-order valence-corrected chi connectivity index (χ2v) is 2.61. The Hall–Kier alpha value is -0.300. The molecule has 1 aliphatic heterocycles. The third-order valence-electron chi connectivity index (χ3n) is 1.53. The van der Waals surface area contributed by atoms with Crippen LogP contribution >= 0.6 is 0 Å². The highest BCUT2D eigenvalue weighted by atomic mass is 15.2. The molecule has 1 saturated heterocycles. The van der Waals surface area contributed by atoms with Crippen molar-refractivity contribution >= 4 is 0 Å². The lowest BCUT2D eigenvalue weighted by molar-refractivity contribution is 0.129. The third kappa shape index (κ3) is 1.10. The van der Waals surface area contributed by atoms with E-state index in [0.29, 0.717) is 0 Å². The Morgan fingerprint density at radius 3 is 2.75 bits per heavy atom. The summed E-state index contributed by atoms with van der Waals surface area (Å²) in [5, 5.41) is 0. The summed E-state index contributed by atoms with van der Waals surface area (Å²) in [4.78, 5) is 2.39. The lowest BCUT2D eigenvalue weighted by Gasteiger charge is -2.36. The van der Waals surface area contributed by atoms with E-state index in [1.165, 1.54) is 13.1 Å². The van der Waals surface area contributed by atoms with Crippen molar-refractivity contribution in [3.05, 3.63) is 12.7 Å². The van der Waals surface area contributed by atoms with Crippen LogP contribution in [0.15, 0.2) is 12.7 Å². The average molecular weight is 111 g/mol. The molecule has 1 heteroatoms. The van der Waals surface area contributed by atoms with E-state index in [-0.39, 0.29) is 0 Å². The maximum Gasteiger partial charge on any atom is 0.0160 e. The second-order valence-electron chi connectivity index (χ2n) is 2.61. The summed E-state index contributed by atoms with van der Waals surface area (Å²) in [6.45, 7) is 9.56. The van der Waals surface area contributed by atoms with Crippen molar-refractivity contribution in [1.82, 2.24) is 4.90 Å². The molecule has 0 saturated carbocycles. The van der Waals surface area contributed by atoms with Gasteiger partial charge in [-0.15, -0.1) is 6.58 Å². The monoisotopic (exact) mass is 111 g/mol. The van der Waals surface area contributed by atoms with Gasteiger partial charge in [-0.1, -0.05) is 13.0 Å². The van der Waals surface area contributed by atoms with Gasteiger partial charge in [0.05, 0.1) is 0 Å². The molecule has 0 aromatic carbocycles. The normalized spacial score (nSPS) is 22.6. The van der Waals surface area contributed by atoms with E-state index in [2.05, 4.69) is 18.4 Å². The van der Waals surface area contributed by atoms with Crippen LogP contribution in [0.4, 0.5) is 0 Å². The van der Waals surface area contributed by atoms with Crippen LogP contribution in [0.1, 0.15) is 6.92 Å². The highest BCUT2D eigenvalue weighted by molar-refractivity contribution is 4.82. The molecule has 1 nitrogen and oxygen atoms in total. The standard InChI is InChI=1S/C7H13N/c1-3-4-8-5-7(2)6-8/h3,7H,1,4-6H2,2H3. The van der Waals surface area contributed by atoms with Crippen molar-refractivity contribution in [2.45, 2.75) is 6.92 Å². The first-order valence-electron chi connectivity index (χ1n) is 3.16.